The lowest BCUT2D eigenvalue weighted by molar-refractivity contribution is -0.319. The van der Waals surface area contributed by atoms with Gasteiger partial charge in [-0.2, -0.15) is 0 Å². The number of nitrogens with zero attached hydrogens (tertiary/aromatic N) is 1. The third-order valence-corrected chi connectivity index (χ3v) is 5.52. The van der Waals surface area contributed by atoms with Crippen molar-refractivity contribution in [1.82, 2.24) is 14.5 Å². The molecule has 0 fully saturated rings. The Morgan fingerprint density at radius 1 is 1.18 bits per heavy atom. The summed E-state index contributed by atoms with van der Waals surface area (Å²) in [6, 6.07) is 0. The third kappa shape index (κ3) is 6.12. The zero-order chi connectivity index (χ0) is 16.9. The summed E-state index contributed by atoms with van der Waals surface area (Å²) in [5, 5.41) is 35.4. The third-order valence-electron chi connectivity index (χ3n) is 1.83. The van der Waals surface area contributed by atoms with Crippen LogP contribution in [0.15, 0.2) is 24.7 Å². The molecule has 0 aliphatic carbocycles. The number of aliphatic carboxylic acids is 1. The Balaban J connectivity index is 0.000000255. The quantitative estimate of drug-likeness (QED) is 0.250. The number of nitrogens with one attached hydrogen (secondary N) is 2. The summed E-state index contributed by atoms with van der Waals surface area (Å²) in [6.45, 7) is -1.07. The number of carboxylic acid groups (broad SMARTS) is 1. The zero-order valence-electron chi connectivity index (χ0n) is 10.4. The molecule has 0 amide bonds. The monoisotopic (exact) mass is 371 g/mol. The molecule has 122 valence electrons. The van der Waals surface area contributed by atoms with E-state index in [0.717, 1.165) is 0 Å². The maximum absolute atomic E-state index is 10.9. The first kappa shape index (κ1) is 18.6. The first-order valence-electron chi connectivity index (χ1n) is 5.14. The normalized spacial score (nSPS) is 14.0. The van der Waals surface area contributed by atoms with Crippen molar-refractivity contribution in [3.8, 4) is 0 Å². The summed E-state index contributed by atoms with van der Waals surface area (Å²) in [5.41, 5.74) is -3.32. The summed E-state index contributed by atoms with van der Waals surface area (Å²) in [5.74, 6) is -4.03. The van der Waals surface area contributed by atoms with Gasteiger partial charge in [-0.3, -0.25) is 9.97 Å². The fourth-order valence-electron chi connectivity index (χ4n) is 1.03. The Morgan fingerprint density at radius 2 is 1.73 bits per heavy atom. The number of hydrogen-bond donors (Lipinski definition) is 6. The molecule has 0 saturated heterocycles. The van der Waals surface area contributed by atoms with E-state index in [9.17, 15) is 19.2 Å². The topological polar surface area (TPSA) is 186 Å². The maximum atomic E-state index is 10.9. The Labute approximate surface area is 131 Å². The molecule has 1 aliphatic rings. The molecule has 2 heterocycles. The van der Waals surface area contributed by atoms with Crippen LogP contribution in [0.1, 0.15) is 0 Å². The standard InChI is InChI=1S/C5H7N3O6.C3H2O2S3/c9-2-6-3(10)8(4(11)7-2)1-5(12,13)14;4-3(5)2-1-6-8-7-2/h12-14H,1H2,(H2,6,7,9,10,11);1H,(H,4,5). The highest BCUT2D eigenvalue weighted by molar-refractivity contribution is 9.12. The van der Waals surface area contributed by atoms with Gasteiger partial charge in [0.1, 0.15) is 11.4 Å². The Morgan fingerprint density at radius 3 is 2.05 bits per heavy atom. The average molecular weight is 371 g/mol. The second-order valence-electron chi connectivity index (χ2n) is 3.58. The van der Waals surface area contributed by atoms with Crippen LogP contribution in [0.4, 0.5) is 0 Å². The summed E-state index contributed by atoms with van der Waals surface area (Å²) in [6.07, 6.45) is 0. The average Bonchev–Trinajstić information content (AvgIpc) is 2.87. The van der Waals surface area contributed by atoms with E-state index in [-0.39, 0.29) is 4.57 Å². The van der Waals surface area contributed by atoms with Gasteiger partial charge in [0, 0.05) is 5.41 Å². The summed E-state index contributed by atoms with van der Waals surface area (Å²) < 4.78 is 0.224. The van der Waals surface area contributed by atoms with Crippen LogP contribution >= 0.6 is 31.4 Å². The van der Waals surface area contributed by atoms with E-state index in [1.54, 1.807) is 15.4 Å². The molecule has 0 saturated carbocycles. The van der Waals surface area contributed by atoms with Crippen LogP contribution in [0, 0.1) is 0 Å². The van der Waals surface area contributed by atoms with Gasteiger partial charge < -0.3 is 20.4 Å². The number of H-pyrrole nitrogens is 2. The SMILES string of the molecule is O=C(O)C1=CSSS1.O=c1[nH]c(=O)n(CC(O)(O)O)c(=O)[nH]1. The molecule has 0 aromatic carbocycles. The van der Waals surface area contributed by atoms with Gasteiger partial charge in [-0.1, -0.05) is 10.8 Å². The number of carbonyl (C=O) groups is 1. The molecule has 0 spiro atoms. The molecular formula is C8H9N3O8S3. The van der Waals surface area contributed by atoms with E-state index in [2.05, 4.69) is 0 Å². The maximum Gasteiger partial charge on any atom is 0.343 e. The van der Waals surface area contributed by atoms with Crippen LogP contribution in [0.3, 0.4) is 0 Å². The largest absolute Gasteiger partial charge is 0.477 e. The molecule has 6 N–H and O–H groups in total. The highest BCUT2D eigenvalue weighted by atomic mass is 33.5. The molecule has 11 nitrogen and oxygen atoms in total. The number of aromatic nitrogens is 3. The van der Waals surface area contributed by atoms with Crippen molar-refractivity contribution in [2.45, 2.75) is 12.5 Å². The van der Waals surface area contributed by atoms with Crippen LogP contribution in [0.25, 0.3) is 0 Å². The smallest absolute Gasteiger partial charge is 0.343 e. The van der Waals surface area contributed by atoms with Crippen molar-refractivity contribution in [2.24, 2.45) is 0 Å². The molecular weight excluding hydrogens is 362 g/mol. The predicted octanol–water partition coefficient (Wildman–Crippen LogP) is -2.19. The van der Waals surface area contributed by atoms with Crippen molar-refractivity contribution in [3.63, 3.8) is 0 Å². The minimum atomic E-state index is -3.20. The fourth-order valence-corrected chi connectivity index (χ4v) is 4.61. The Bertz CT molecular complexity index is 708. The van der Waals surface area contributed by atoms with E-state index < -0.39 is 35.6 Å². The molecule has 0 radical (unpaired) electrons. The first-order valence-corrected chi connectivity index (χ1v) is 8.69. The van der Waals surface area contributed by atoms with Gasteiger partial charge in [-0.25, -0.2) is 23.7 Å². The number of carboxylic acids is 1. The van der Waals surface area contributed by atoms with Crippen LogP contribution in [0.2, 0.25) is 0 Å². The van der Waals surface area contributed by atoms with Crippen LogP contribution in [-0.4, -0.2) is 46.9 Å². The van der Waals surface area contributed by atoms with E-state index in [4.69, 9.17) is 20.4 Å². The van der Waals surface area contributed by atoms with E-state index in [0.29, 0.717) is 4.91 Å². The van der Waals surface area contributed by atoms with Crippen molar-refractivity contribution in [2.75, 3.05) is 0 Å². The van der Waals surface area contributed by atoms with Gasteiger partial charge in [0.25, 0.3) is 5.97 Å². The number of rotatable bonds is 3. The van der Waals surface area contributed by atoms with Gasteiger partial charge in [0.05, 0.1) is 0 Å². The molecule has 0 bridgehead atoms. The number of aliphatic hydroxyl groups is 3. The molecule has 0 unspecified atom stereocenters. The van der Waals surface area contributed by atoms with E-state index in [1.165, 1.54) is 31.4 Å². The molecule has 0 atom stereocenters. The predicted molar refractivity (Wildman–Crippen MR) is 79.8 cm³/mol. The first-order chi connectivity index (χ1) is 10.1. The highest BCUT2D eigenvalue weighted by Gasteiger charge is 2.21. The fraction of sp³-hybridized carbons (Fsp3) is 0.250. The Hall–Kier alpha value is -1.45. The molecule has 1 aliphatic heterocycles. The van der Waals surface area contributed by atoms with Gasteiger partial charge in [-0.05, 0) is 20.6 Å². The number of aromatic amines is 2. The van der Waals surface area contributed by atoms with Crippen LogP contribution in [-0.2, 0) is 11.3 Å². The Kier molecular flexibility index (Phi) is 6.51. The van der Waals surface area contributed by atoms with E-state index in [1.807, 2.05) is 0 Å². The number of hydrogen-bond acceptors (Lipinski definition) is 10. The minimum Gasteiger partial charge on any atom is -0.477 e. The van der Waals surface area contributed by atoms with Crippen molar-refractivity contribution in [1.29, 1.82) is 0 Å². The molecule has 1 aromatic heterocycles. The van der Waals surface area contributed by atoms with Gasteiger partial charge in [-0.15, -0.1) is 0 Å². The molecule has 2 rings (SSSR count). The van der Waals surface area contributed by atoms with Gasteiger partial charge in [0.2, 0.25) is 0 Å². The zero-order valence-corrected chi connectivity index (χ0v) is 12.8. The minimum absolute atomic E-state index is 0.224. The van der Waals surface area contributed by atoms with Crippen LogP contribution in [0.5, 0.6) is 0 Å². The second kappa shape index (κ2) is 7.70. The summed E-state index contributed by atoms with van der Waals surface area (Å²) in [7, 11) is 4.21. The lowest BCUT2D eigenvalue weighted by Crippen LogP contribution is -2.48. The second-order valence-corrected chi connectivity index (χ2v) is 7.47. The van der Waals surface area contributed by atoms with Crippen molar-refractivity contribution < 1.29 is 25.2 Å². The summed E-state index contributed by atoms with van der Waals surface area (Å²) in [4.78, 5) is 46.1. The van der Waals surface area contributed by atoms with Gasteiger partial charge in [0.15, 0.2) is 0 Å². The van der Waals surface area contributed by atoms with Crippen molar-refractivity contribution >= 4 is 37.4 Å². The van der Waals surface area contributed by atoms with Gasteiger partial charge >= 0.3 is 23.0 Å². The lowest BCUT2D eigenvalue weighted by atomic mass is 10.5. The lowest BCUT2D eigenvalue weighted by Gasteiger charge is -2.13. The molecule has 14 heteroatoms. The summed E-state index contributed by atoms with van der Waals surface area (Å²) >= 11 is 0. The van der Waals surface area contributed by atoms with Crippen LogP contribution < -0.4 is 17.1 Å². The highest BCUT2D eigenvalue weighted by Crippen LogP contribution is 2.48. The molecule has 1 aromatic rings. The van der Waals surface area contributed by atoms with Crippen molar-refractivity contribution in [3.05, 3.63) is 41.8 Å². The molecule has 22 heavy (non-hydrogen) atoms. The van der Waals surface area contributed by atoms with E-state index >= 15 is 0 Å².